The average Bonchev–Trinajstić information content (AvgIpc) is 2.91. The van der Waals surface area contributed by atoms with Gasteiger partial charge in [-0.25, -0.2) is 0 Å². The van der Waals surface area contributed by atoms with Crippen molar-refractivity contribution in [2.75, 3.05) is 5.32 Å². The van der Waals surface area contributed by atoms with E-state index in [9.17, 15) is 14.9 Å². The molecular formula is C17H14ClN3O4. The molecule has 0 unspecified atom stereocenters. The number of rotatable bonds is 4. The molecule has 7 nitrogen and oxygen atoms in total. The molecule has 1 heterocycles. The van der Waals surface area contributed by atoms with Gasteiger partial charge in [-0.2, -0.15) is 0 Å². The second-order valence-electron chi connectivity index (χ2n) is 5.73. The summed E-state index contributed by atoms with van der Waals surface area (Å²) < 4.78 is 5.30. The number of aryl methyl sites for hydroxylation is 2. The van der Waals surface area contributed by atoms with E-state index in [1.165, 1.54) is 18.2 Å². The maximum Gasteiger partial charge on any atom is 0.271 e. The highest BCUT2D eigenvalue weighted by Gasteiger charge is 2.16. The molecule has 1 amide bonds. The zero-order valence-electron chi connectivity index (χ0n) is 13.5. The molecule has 3 rings (SSSR count). The first-order valence-corrected chi connectivity index (χ1v) is 7.82. The summed E-state index contributed by atoms with van der Waals surface area (Å²) >= 11 is 5.98. The van der Waals surface area contributed by atoms with E-state index in [0.717, 1.165) is 16.5 Å². The smallest absolute Gasteiger partial charge is 0.271 e. The highest BCUT2D eigenvalue weighted by atomic mass is 35.5. The number of carbonyl (C=O) groups is 1. The topological polar surface area (TPSA) is 98.3 Å². The maximum absolute atomic E-state index is 12.3. The van der Waals surface area contributed by atoms with Crippen LogP contribution in [0.25, 0.3) is 11.0 Å². The van der Waals surface area contributed by atoms with Crippen molar-refractivity contribution in [2.45, 2.75) is 20.3 Å². The van der Waals surface area contributed by atoms with Gasteiger partial charge in [0.15, 0.2) is 5.58 Å². The number of nitro groups is 1. The molecule has 2 aromatic carbocycles. The number of carbonyl (C=O) groups excluding carboxylic acids is 1. The monoisotopic (exact) mass is 359 g/mol. The van der Waals surface area contributed by atoms with Crippen molar-refractivity contribution < 1.29 is 14.2 Å². The zero-order valence-corrected chi connectivity index (χ0v) is 14.3. The van der Waals surface area contributed by atoms with E-state index >= 15 is 0 Å². The first kappa shape index (κ1) is 16.9. The van der Waals surface area contributed by atoms with E-state index in [0.29, 0.717) is 17.0 Å². The molecular weight excluding hydrogens is 346 g/mol. The normalized spacial score (nSPS) is 10.8. The van der Waals surface area contributed by atoms with Crippen LogP contribution in [0, 0.1) is 24.0 Å². The summed E-state index contributed by atoms with van der Waals surface area (Å²) in [7, 11) is 0. The average molecular weight is 360 g/mol. The van der Waals surface area contributed by atoms with Crippen molar-refractivity contribution in [3.8, 4) is 0 Å². The lowest BCUT2D eigenvalue weighted by Gasteiger charge is -2.06. The number of nitrogens with zero attached hydrogens (tertiary/aromatic N) is 2. The predicted octanol–water partition coefficient (Wildman–Crippen LogP) is 4.19. The van der Waals surface area contributed by atoms with Crippen molar-refractivity contribution in [3.05, 3.63) is 62.3 Å². The van der Waals surface area contributed by atoms with Crippen molar-refractivity contribution in [1.29, 1.82) is 0 Å². The fourth-order valence-corrected chi connectivity index (χ4v) is 2.93. The Morgan fingerprint density at radius 2 is 2.08 bits per heavy atom. The van der Waals surface area contributed by atoms with E-state index in [4.69, 9.17) is 16.1 Å². The third-order valence-corrected chi connectivity index (χ3v) is 4.06. The van der Waals surface area contributed by atoms with Gasteiger partial charge in [-0.3, -0.25) is 14.9 Å². The highest BCUT2D eigenvalue weighted by Crippen LogP contribution is 2.28. The van der Waals surface area contributed by atoms with E-state index in [1.54, 1.807) is 0 Å². The first-order valence-electron chi connectivity index (χ1n) is 7.44. The van der Waals surface area contributed by atoms with Crippen LogP contribution in [0.15, 0.2) is 34.9 Å². The van der Waals surface area contributed by atoms with Gasteiger partial charge >= 0.3 is 0 Å². The van der Waals surface area contributed by atoms with Crippen LogP contribution < -0.4 is 5.32 Å². The number of non-ortho nitro benzene ring substituents is 1. The Morgan fingerprint density at radius 3 is 2.76 bits per heavy atom. The van der Waals surface area contributed by atoms with Crippen molar-refractivity contribution in [3.63, 3.8) is 0 Å². The Bertz CT molecular complexity index is 997. The van der Waals surface area contributed by atoms with Crippen molar-refractivity contribution in [2.24, 2.45) is 0 Å². The van der Waals surface area contributed by atoms with Gasteiger partial charge in [0.2, 0.25) is 5.91 Å². The summed E-state index contributed by atoms with van der Waals surface area (Å²) in [5.74, 6) is -0.342. The predicted molar refractivity (Wildman–Crippen MR) is 93.9 cm³/mol. The Hall–Kier alpha value is -2.93. The standard InChI is InChI=1S/C17H14ClN3O4/c1-9-5-10(2)17-14(20-25-15(17)6-9)8-16(22)19-13-4-3-11(21(23)24)7-12(13)18/h3-7H,8H2,1-2H3,(H,19,22). The SMILES string of the molecule is Cc1cc(C)c2c(CC(=O)Nc3ccc([N+](=O)[O-])cc3Cl)noc2c1. The van der Waals surface area contributed by atoms with Crippen LogP contribution in [0.5, 0.6) is 0 Å². The number of aromatic nitrogens is 1. The van der Waals surface area contributed by atoms with Gasteiger partial charge in [-0.05, 0) is 37.1 Å². The maximum atomic E-state index is 12.3. The molecule has 3 aromatic rings. The molecule has 0 aliphatic rings. The summed E-state index contributed by atoms with van der Waals surface area (Å²) in [5, 5.41) is 18.2. The van der Waals surface area contributed by atoms with Gasteiger partial charge in [0.25, 0.3) is 5.69 Å². The lowest BCUT2D eigenvalue weighted by Crippen LogP contribution is -2.15. The molecule has 1 aromatic heterocycles. The Balaban J connectivity index is 1.81. The molecule has 0 spiro atoms. The molecule has 0 radical (unpaired) electrons. The molecule has 0 atom stereocenters. The van der Waals surface area contributed by atoms with Crippen LogP contribution in [0.1, 0.15) is 16.8 Å². The number of hydrogen-bond donors (Lipinski definition) is 1. The summed E-state index contributed by atoms with van der Waals surface area (Å²) in [4.78, 5) is 22.5. The molecule has 8 heteroatoms. The van der Waals surface area contributed by atoms with Gasteiger partial charge in [-0.15, -0.1) is 0 Å². The van der Waals surface area contributed by atoms with Gasteiger partial charge < -0.3 is 9.84 Å². The molecule has 0 aliphatic heterocycles. The largest absolute Gasteiger partial charge is 0.356 e. The molecule has 25 heavy (non-hydrogen) atoms. The summed E-state index contributed by atoms with van der Waals surface area (Å²) in [6.07, 6.45) is 0.00418. The number of fused-ring (bicyclic) bond motifs is 1. The van der Waals surface area contributed by atoms with Crippen LogP contribution >= 0.6 is 11.6 Å². The van der Waals surface area contributed by atoms with Crippen LogP contribution in [0.4, 0.5) is 11.4 Å². The second-order valence-corrected chi connectivity index (χ2v) is 6.14. The molecule has 0 bridgehead atoms. The van der Waals surface area contributed by atoms with E-state index in [1.807, 2.05) is 26.0 Å². The molecule has 0 aliphatic carbocycles. The van der Waals surface area contributed by atoms with Crippen molar-refractivity contribution >= 4 is 39.9 Å². The molecule has 0 saturated heterocycles. The minimum Gasteiger partial charge on any atom is -0.356 e. The number of hydrogen-bond acceptors (Lipinski definition) is 5. The molecule has 0 saturated carbocycles. The van der Waals surface area contributed by atoms with Gasteiger partial charge in [-0.1, -0.05) is 22.8 Å². The summed E-state index contributed by atoms with van der Waals surface area (Å²) in [6.45, 7) is 3.89. The lowest BCUT2D eigenvalue weighted by molar-refractivity contribution is -0.384. The highest BCUT2D eigenvalue weighted by molar-refractivity contribution is 6.34. The fourth-order valence-electron chi connectivity index (χ4n) is 2.71. The minimum absolute atomic E-state index is 0.00418. The Kier molecular flexibility index (Phi) is 4.41. The number of halogens is 1. The Labute approximate surface area is 147 Å². The van der Waals surface area contributed by atoms with E-state index in [-0.39, 0.29) is 23.0 Å². The summed E-state index contributed by atoms with van der Waals surface area (Å²) in [5.41, 5.74) is 3.35. The van der Waals surface area contributed by atoms with Gasteiger partial charge in [0, 0.05) is 17.5 Å². The molecule has 128 valence electrons. The third kappa shape index (κ3) is 3.46. The van der Waals surface area contributed by atoms with Gasteiger partial charge in [0.05, 0.1) is 22.1 Å². The summed E-state index contributed by atoms with van der Waals surface area (Å²) in [6, 6.07) is 7.72. The number of nitro benzene ring substituents is 1. The molecule has 1 N–H and O–H groups in total. The number of nitrogens with one attached hydrogen (secondary N) is 1. The number of anilines is 1. The lowest BCUT2D eigenvalue weighted by atomic mass is 10.0. The quantitative estimate of drug-likeness (QED) is 0.556. The minimum atomic E-state index is -0.552. The third-order valence-electron chi connectivity index (χ3n) is 3.75. The first-order chi connectivity index (χ1) is 11.8. The fraction of sp³-hybridized carbons (Fsp3) is 0.176. The molecule has 0 fully saturated rings. The van der Waals surface area contributed by atoms with Crippen LogP contribution in [-0.2, 0) is 11.2 Å². The van der Waals surface area contributed by atoms with Gasteiger partial charge in [0.1, 0.15) is 5.69 Å². The van der Waals surface area contributed by atoms with E-state index in [2.05, 4.69) is 10.5 Å². The van der Waals surface area contributed by atoms with Crippen molar-refractivity contribution in [1.82, 2.24) is 5.16 Å². The second kappa shape index (κ2) is 6.52. The zero-order chi connectivity index (χ0) is 18.1. The van der Waals surface area contributed by atoms with Crippen LogP contribution in [-0.4, -0.2) is 16.0 Å². The Morgan fingerprint density at radius 1 is 1.32 bits per heavy atom. The van der Waals surface area contributed by atoms with Crippen LogP contribution in [0.3, 0.4) is 0 Å². The number of benzene rings is 2. The number of amides is 1. The van der Waals surface area contributed by atoms with E-state index < -0.39 is 4.92 Å². The van der Waals surface area contributed by atoms with Crippen LogP contribution in [0.2, 0.25) is 5.02 Å².